The van der Waals surface area contributed by atoms with E-state index in [0.717, 1.165) is 11.3 Å². The largest absolute Gasteiger partial charge is 0.377 e. The molecule has 1 aliphatic rings. The molecule has 1 aliphatic heterocycles. The highest BCUT2D eigenvalue weighted by atomic mass is 19.1. The van der Waals surface area contributed by atoms with Gasteiger partial charge < -0.3 is 9.64 Å². The van der Waals surface area contributed by atoms with Crippen LogP contribution in [0.15, 0.2) is 30.3 Å². The van der Waals surface area contributed by atoms with E-state index in [1.165, 1.54) is 12.1 Å². The molecule has 0 spiro atoms. The molecule has 0 atom stereocenters. The first-order valence-corrected chi connectivity index (χ1v) is 7.58. The van der Waals surface area contributed by atoms with E-state index in [9.17, 15) is 9.18 Å². The lowest BCUT2D eigenvalue weighted by Gasteiger charge is -2.41. The first-order valence-electron chi connectivity index (χ1n) is 7.58. The molecule has 1 aromatic carbocycles. The van der Waals surface area contributed by atoms with Crippen molar-refractivity contribution in [1.29, 1.82) is 0 Å². The van der Waals surface area contributed by atoms with Crippen LogP contribution in [0.5, 0.6) is 0 Å². The van der Waals surface area contributed by atoms with E-state index in [2.05, 4.69) is 5.10 Å². The molecule has 0 radical (unpaired) electrons. The summed E-state index contributed by atoms with van der Waals surface area (Å²) in [5, 5.41) is 4.34. The summed E-state index contributed by atoms with van der Waals surface area (Å²) in [6, 6.07) is 7.91. The molecule has 1 saturated heterocycles. The number of ether oxygens (including phenoxy) is 1. The monoisotopic (exact) mass is 317 g/mol. The maximum atomic E-state index is 13.1. The molecule has 23 heavy (non-hydrogen) atoms. The number of amides is 1. The third-order valence-electron chi connectivity index (χ3n) is 4.13. The third-order valence-corrected chi connectivity index (χ3v) is 4.13. The summed E-state index contributed by atoms with van der Waals surface area (Å²) in [6.45, 7) is 5.55. The molecule has 6 heteroatoms. The zero-order valence-electron chi connectivity index (χ0n) is 13.5. The second kappa shape index (κ2) is 5.77. The fourth-order valence-electron chi connectivity index (χ4n) is 2.84. The first-order chi connectivity index (χ1) is 10.9. The fraction of sp³-hybridized carbons (Fsp3) is 0.412. The minimum Gasteiger partial charge on any atom is -0.377 e. The van der Waals surface area contributed by atoms with Gasteiger partial charge >= 0.3 is 0 Å². The highest BCUT2D eigenvalue weighted by Gasteiger charge is 2.35. The number of halogens is 1. The zero-order chi connectivity index (χ0) is 16.6. The van der Waals surface area contributed by atoms with Gasteiger partial charge in [0, 0.05) is 13.6 Å². The van der Waals surface area contributed by atoms with Gasteiger partial charge in [-0.2, -0.15) is 5.10 Å². The summed E-state index contributed by atoms with van der Waals surface area (Å²) in [5.41, 5.74) is 1.63. The average molecular weight is 317 g/mol. The minimum atomic E-state index is -0.358. The summed E-state index contributed by atoms with van der Waals surface area (Å²) >= 11 is 0. The van der Waals surface area contributed by atoms with E-state index in [1.54, 1.807) is 34.8 Å². The van der Waals surface area contributed by atoms with Crippen LogP contribution < -0.4 is 0 Å². The van der Waals surface area contributed by atoms with Gasteiger partial charge in [0.1, 0.15) is 5.82 Å². The maximum Gasteiger partial charge on any atom is 0.274 e. The van der Waals surface area contributed by atoms with E-state index in [1.807, 2.05) is 13.8 Å². The SMILES string of the molecule is Cn1nc(C(=O)N2CCOCC2(C)C)cc1-c1ccc(F)cc1. The first kappa shape index (κ1) is 15.7. The van der Waals surface area contributed by atoms with Crippen LogP contribution in [-0.4, -0.2) is 45.9 Å². The molecule has 0 bridgehead atoms. The van der Waals surface area contributed by atoms with E-state index in [4.69, 9.17) is 4.74 Å². The van der Waals surface area contributed by atoms with Gasteiger partial charge in [0.15, 0.2) is 5.69 Å². The van der Waals surface area contributed by atoms with Crippen molar-refractivity contribution < 1.29 is 13.9 Å². The molecule has 122 valence electrons. The molecular formula is C17H20FN3O2. The van der Waals surface area contributed by atoms with Gasteiger partial charge in [-0.05, 0) is 49.7 Å². The lowest BCUT2D eigenvalue weighted by atomic mass is 10.0. The van der Waals surface area contributed by atoms with Crippen LogP contribution in [0.4, 0.5) is 4.39 Å². The van der Waals surface area contributed by atoms with Crippen molar-refractivity contribution in [2.24, 2.45) is 7.05 Å². The number of nitrogens with zero attached hydrogens (tertiary/aromatic N) is 3. The molecule has 2 heterocycles. The Labute approximate surface area is 134 Å². The number of aromatic nitrogens is 2. The molecule has 0 N–H and O–H groups in total. The summed E-state index contributed by atoms with van der Waals surface area (Å²) < 4.78 is 20.2. The van der Waals surface area contributed by atoms with Crippen molar-refractivity contribution in [1.82, 2.24) is 14.7 Å². The van der Waals surface area contributed by atoms with Gasteiger partial charge in [0.05, 0.1) is 24.4 Å². The Morgan fingerprint density at radius 1 is 1.30 bits per heavy atom. The van der Waals surface area contributed by atoms with Crippen LogP contribution >= 0.6 is 0 Å². The van der Waals surface area contributed by atoms with Crippen LogP contribution in [0.1, 0.15) is 24.3 Å². The quantitative estimate of drug-likeness (QED) is 0.855. The van der Waals surface area contributed by atoms with E-state index in [-0.39, 0.29) is 17.3 Å². The van der Waals surface area contributed by atoms with Gasteiger partial charge in [-0.3, -0.25) is 9.48 Å². The predicted octanol–water partition coefficient (Wildman–Crippen LogP) is 2.48. The van der Waals surface area contributed by atoms with Gasteiger partial charge in [0.25, 0.3) is 5.91 Å². The minimum absolute atomic E-state index is 0.109. The Hall–Kier alpha value is -2.21. The summed E-state index contributed by atoms with van der Waals surface area (Å²) in [7, 11) is 1.78. The zero-order valence-corrected chi connectivity index (χ0v) is 13.5. The summed E-state index contributed by atoms with van der Waals surface area (Å²) in [5.74, 6) is -0.399. The molecule has 1 aromatic heterocycles. The second-order valence-corrected chi connectivity index (χ2v) is 6.37. The molecule has 2 aromatic rings. The Morgan fingerprint density at radius 2 is 2.00 bits per heavy atom. The predicted molar refractivity (Wildman–Crippen MR) is 84.5 cm³/mol. The molecule has 0 saturated carbocycles. The molecular weight excluding hydrogens is 297 g/mol. The molecule has 1 amide bonds. The van der Waals surface area contributed by atoms with Crippen LogP contribution in [-0.2, 0) is 11.8 Å². The van der Waals surface area contributed by atoms with Crippen LogP contribution in [0.2, 0.25) is 0 Å². The van der Waals surface area contributed by atoms with Gasteiger partial charge in [-0.1, -0.05) is 0 Å². The Balaban J connectivity index is 1.91. The van der Waals surface area contributed by atoms with Crippen molar-refractivity contribution in [2.45, 2.75) is 19.4 Å². The fourth-order valence-corrected chi connectivity index (χ4v) is 2.84. The van der Waals surface area contributed by atoms with Crippen molar-refractivity contribution in [3.63, 3.8) is 0 Å². The third kappa shape index (κ3) is 2.99. The Bertz CT molecular complexity index is 722. The van der Waals surface area contributed by atoms with Crippen molar-refractivity contribution in [3.8, 4) is 11.3 Å². The number of hydrogen-bond donors (Lipinski definition) is 0. The molecule has 3 rings (SSSR count). The number of aryl methyl sites for hydroxylation is 1. The molecule has 1 fully saturated rings. The number of carbonyl (C=O) groups excluding carboxylic acids is 1. The van der Waals surface area contributed by atoms with Crippen LogP contribution in [0.3, 0.4) is 0 Å². The van der Waals surface area contributed by atoms with Gasteiger partial charge in [-0.25, -0.2) is 4.39 Å². The highest BCUT2D eigenvalue weighted by molar-refractivity contribution is 5.94. The average Bonchev–Trinajstić information content (AvgIpc) is 2.89. The van der Waals surface area contributed by atoms with Gasteiger partial charge in [0.2, 0.25) is 0 Å². The van der Waals surface area contributed by atoms with E-state index in [0.29, 0.717) is 25.5 Å². The Kier molecular flexibility index (Phi) is 3.93. The smallest absolute Gasteiger partial charge is 0.274 e. The van der Waals surface area contributed by atoms with Crippen molar-refractivity contribution >= 4 is 5.91 Å². The topological polar surface area (TPSA) is 47.4 Å². The summed E-state index contributed by atoms with van der Waals surface area (Å²) in [4.78, 5) is 14.6. The molecule has 5 nitrogen and oxygen atoms in total. The van der Waals surface area contributed by atoms with E-state index < -0.39 is 0 Å². The number of benzene rings is 1. The normalized spacial score (nSPS) is 17.3. The standard InChI is InChI=1S/C17H20FN3O2/c1-17(2)11-23-9-8-21(17)16(22)14-10-15(20(3)19-14)12-4-6-13(18)7-5-12/h4-7,10H,8-9,11H2,1-3H3. The number of hydrogen-bond acceptors (Lipinski definition) is 3. The van der Waals surface area contributed by atoms with Crippen molar-refractivity contribution in [3.05, 3.63) is 41.8 Å². The maximum absolute atomic E-state index is 13.1. The van der Waals surface area contributed by atoms with Crippen molar-refractivity contribution in [2.75, 3.05) is 19.8 Å². The van der Waals surface area contributed by atoms with Gasteiger partial charge in [-0.15, -0.1) is 0 Å². The summed E-state index contributed by atoms with van der Waals surface area (Å²) in [6.07, 6.45) is 0. The lowest BCUT2D eigenvalue weighted by molar-refractivity contribution is -0.0373. The number of morpholine rings is 1. The van der Waals surface area contributed by atoms with Crippen LogP contribution in [0.25, 0.3) is 11.3 Å². The second-order valence-electron chi connectivity index (χ2n) is 6.37. The Morgan fingerprint density at radius 3 is 2.65 bits per heavy atom. The highest BCUT2D eigenvalue weighted by Crippen LogP contribution is 2.24. The number of rotatable bonds is 2. The molecule has 0 unspecified atom stereocenters. The number of carbonyl (C=O) groups is 1. The lowest BCUT2D eigenvalue weighted by Crippen LogP contribution is -2.55. The van der Waals surface area contributed by atoms with E-state index >= 15 is 0 Å². The van der Waals surface area contributed by atoms with Crippen LogP contribution in [0, 0.1) is 5.82 Å². The molecule has 0 aliphatic carbocycles.